The lowest BCUT2D eigenvalue weighted by Crippen LogP contribution is -2.53. The summed E-state index contributed by atoms with van der Waals surface area (Å²) in [6, 6.07) is 0. The van der Waals surface area contributed by atoms with E-state index >= 15 is 0 Å². The van der Waals surface area contributed by atoms with E-state index in [0.717, 1.165) is 19.3 Å². The Bertz CT molecular complexity index is 1880. The normalized spacial score (nSPS) is 26.2. The topological polar surface area (TPSA) is 224 Å². The number of carboxylic acids is 6. The molecule has 4 saturated carbocycles. The van der Waals surface area contributed by atoms with Gasteiger partial charge in [-0.1, -0.05) is 194 Å². The molecule has 12 heteroatoms. The number of rotatable bonds is 11. The van der Waals surface area contributed by atoms with Gasteiger partial charge in [0.25, 0.3) is 0 Å². The van der Waals surface area contributed by atoms with Crippen molar-refractivity contribution in [2.45, 2.75) is 246 Å². The molecular weight excluding hydrogens is 937 g/mol. The third-order valence-corrected chi connectivity index (χ3v) is 16.4. The molecular formula is C62H116O12. The summed E-state index contributed by atoms with van der Waals surface area (Å²) in [7, 11) is 0. The van der Waals surface area contributed by atoms with Gasteiger partial charge in [0.15, 0.2) is 0 Å². The van der Waals surface area contributed by atoms with E-state index in [0.29, 0.717) is 42.4 Å². The van der Waals surface area contributed by atoms with E-state index in [1.165, 1.54) is 0 Å². The maximum absolute atomic E-state index is 10.9. The molecule has 0 aromatic heterocycles. The standard InChI is InChI=1S/3C11H20O2.C10H18O2.C10H20O2.C9H18O2/c1-10(2,3)6-7-8(9(12)13)11(7,4)5;1-10(2,3)9-7(6-8(12)13)11(9,4)5;1-10(2,3)8-6-7(9(12)13)11(8,4)5;1-9(2,3)7-6(8(11)12)10(7,4)5;1-9(2,3)7-10(4,5)6-8(11)12;1-8(2,3)6-9(4,5)7(10)11/h7-8H,6H2,1-5H3,(H,12,13);7,9H,6H2,1-5H3,(H,12,13);7-8H,6H2,1-5H3,(H,12,13);6-7H,1-5H3,(H,11,12);6-7H2,1-5H3,(H,11,12);6H2,1-5H3,(H,10,11). The molecule has 8 unspecified atom stereocenters. The Kier molecular flexibility index (Phi) is 23.9. The molecule has 0 saturated heterocycles. The van der Waals surface area contributed by atoms with E-state index in [1.807, 2.05) is 27.7 Å². The van der Waals surface area contributed by atoms with Crippen LogP contribution in [0.15, 0.2) is 0 Å². The minimum Gasteiger partial charge on any atom is -0.481 e. The summed E-state index contributed by atoms with van der Waals surface area (Å²) in [5, 5.41) is 53.0. The van der Waals surface area contributed by atoms with Crippen molar-refractivity contribution in [3.05, 3.63) is 0 Å². The molecule has 4 fully saturated rings. The van der Waals surface area contributed by atoms with Crippen LogP contribution in [0.3, 0.4) is 0 Å². The van der Waals surface area contributed by atoms with Crippen molar-refractivity contribution in [3.8, 4) is 0 Å². The van der Waals surface area contributed by atoms with Gasteiger partial charge in [-0.05, 0) is 129 Å². The van der Waals surface area contributed by atoms with Gasteiger partial charge in [-0.3, -0.25) is 28.8 Å². The van der Waals surface area contributed by atoms with Crippen molar-refractivity contribution in [1.29, 1.82) is 0 Å². The Labute approximate surface area is 452 Å². The molecule has 0 aromatic rings. The second-order valence-corrected chi connectivity index (χ2v) is 33.6. The second-order valence-electron chi connectivity index (χ2n) is 33.6. The average Bonchev–Trinajstić information content (AvgIpc) is 3.95. The third-order valence-electron chi connectivity index (χ3n) is 16.4. The summed E-state index contributed by atoms with van der Waals surface area (Å²) in [5.74, 6) is -2.25. The van der Waals surface area contributed by atoms with Crippen molar-refractivity contribution in [1.82, 2.24) is 0 Å². The Morgan fingerprint density at radius 2 is 0.811 bits per heavy atom. The highest BCUT2D eigenvalue weighted by atomic mass is 16.4. The van der Waals surface area contributed by atoms with Gasteiger partial charge in [-0.25, -0.2) is 0 Å². The van der Waals surface area contributed by atoms with Gasteiger partial charge in [0.2, 0.25) is 0 Å². The molecule has 74 heavy (non-hydrogen) atoms. The lowest BCUT2D eigenvalue weighted by Gasteiger charge is -2.56. The zero-order valence-corrected chi connectivity index (χ0v) is 53.0. The van der Waals surface area contributed by atoms with Crippen LogP contribution in [0.5, 0.6) is 0 Å². The van der Waals surface area contributed by atoms with Crippen LogP contribution in [0.1, 0.15) is 246 Å². The quantitative estimate of drug-likeness (QED) is 0.114. The summed E-state index contributed by atoms with van der Waals surface area (Å²) in [4.78, 5) is 64.4. The smallest absolute Gasteiger partial charge is 0.309 e. The van der Waals surface area contributed by atoms with E-state index in [4.69, 9.17) is 30.6 Å². The van der Waals surface area contributed by atoms with Crippen molar-refractivity contribution in [3.63, 3.8) is 0 Å². The fourth-order valence-electron chi connectivity index (χ4n) is 14.1. The molecule has 0 aromatic carbocycles. The molecule has 0 heterocycles. The molecule has 436 valence electrons. The van der Waals surface area contributed by atoms with Gasteiger partial charge in [-0.2, -0.15) is 0 Å². The van der Waals surface area contributed by atoms with Crippen LogP contribution in [0.4, 0.5) is 0 Å². The van der Waals surface area contributed by atoms with Crippen molar-refractivity contribution in [2.75, 3.05) is 0 Å². The Morgan fingerprint density at radius 3 is 1.00 bits per heavy atom. The van der Waals surface area contributed by atoms with Crippen LogP contribution in [-0.4, -0.2) is 66.5 Å². The van der Waals surface area contributed by atoms with Gasteiger partial charge >= 0.3 is 35.8 Å². The Balaban J connectivity index is 0. The first-order valence-electron chi connectivity index (χ1n) is 27.3. The monoisotopic (exact) mass is 1050 g/mol. The Hall–Kier alpha value is -3.18. The van der Waals surface area contributed by atoms with Crippen molar-refractivity contribution < 1.29 is 59.4 Å². The first-order valence-corrected chi connectivity index (χ1v) is 27.3. The number of hydrogen-bond donors (Lipinski definition) is 6. The van der Waals surface area contributed by atoms with E-state index < -0.39 is 41.2 Å². The fraction of sp³-hybridized carbons (Fsp3) is 0.903. The van der Waals surface area contributed by atoms with Crippen LogP contribution >= 0.6 is 0 Å². The average molecular weight is 1050 g/mol. The van der Waals surface area contributed by atoms with Crippen LogP contribution in [0.2, 0.25) is 0 Å². The van der Waals surface area contributed by atoms with E-state index in [-0.39, 0.29) is 83.7 Å². The zero-order chi connectivity index (χ0) is 60.3. The first-order chi connectivity index (χ1) is 32.0. The molecule has 0 aliphatic heterocycles. The van der Waals surface area contributed by atoms with Crippen LogP contribution in [-0.2, 0) is 28.8 Å². The summed E-state index contributed by atoms with van der Waals surface area (Å²) >= 11 is 0. The zero-order valence-electron chi connectivity index (χ0n) is 53.0. The van der Waals surface area contributed by atoms with Gasteiger partial charge in [0.05, 0.1) is 29.6 Å². The van der Waals surface area contributed by atoms with Gasteiger partial charge in [0, 0.05) is 6.42 Å². The van der Waals surface area contributed by atoms with Crippen LogP contribution < -0.4 is 0 Å². The number of carbonyl (C=O) groups is 6. The lowest BCUT2D eigenvalue weighted by atomic mass is 9.48. The summed E-state index contributed by atoms with van der Waals surface area (Å²) in [6.45, 7) is 62.8. The number of aliphatic carboxylic acids is 6. The summed E-state index contributed by atoms with van der Waals surface area (Å²) in [5.41, 5.74) is 0.616. The molecule has 6 N–H and O–H groups in total. The third kappa shape index (κ3) is 23.2. The molecule has 0 amide bonds. The summed E-state index contributed by atoms with van der Waals surface area (Å²) in [6.07, 6.45) is 4.07. The fourth-order valence-corrected chi connectivity index (χ4v) is 14.1. The molecule has 4 rings (SSSR count). The molecule has 0 bridgehead atoms. The van der Waals surface area contributed by atoms with Gasteiger partial charge in [-0.15, -0.1) is 0 Å². The highest BCUT2D eigenvalue weighted by Gasteiger charge is 2.66. The predicted molar refractivity (Wildman–Crippen MR) is 301 cm³/mol. The first kappa shape index (κ1) is 72.9. The highest BCUT2D eigenvalue weighted by Crippen LogP contribution is 2.67. The van der Waals surface area contributed by atoms with Gasteiger partial charge in [0.1, 0.15) is 0 Å². The largest absolute Gasteiger partial charge is 0.481 e. The highest BCUT2D eigenvalue weighted by molar-refractivity contribution is 5.76. The summed E-state index contributed by atoms with van der Waals surface area (Å²) < 4.78 is 0. The molecule has 12 nitrogen and oxygen atoms in total. The molecule has 0 radical (unpaired) electrons. The predicted octanol–water partition coefficient (Wildman–Crippen LogP) is 16.2. The second kappa shape index (κ2) is 24.2. The number of carboxylic acid groups (broad SMARTS) is 6. The molecule has 4 aliphatic rings. The van der Waals surface area contributed by atoms with Crippen LogP contribution in [0, 0.1) is 112 Å². The minimum atomic E-state index is -0.715. The van der Waals surface area contributed by atoms with Crippen LogP contribution in [0.25, 0.3) is 0 Å². The minimum absolute atomic E-state index is 0.00984. The van der Waals surface area contributed by atoms with Gasteiger partial charge < -0.3 is 30.6 Å². The molecule has 8 atom stereocenters. The van der Waals surface area contributed by atoms with E-state index in [1.54, 1.807) is 13.8 Å². The Morgan fingerprint density at radius 1 is 0.419 bits per heavy atom. The van der Waals surface area contributed by atoms with E-state index in [9.17, 15) is 28.8 Å². The maximum Gasteiger partial charge on any atom is 0.309 e. The SMILES string of the molecule is CC(C)(C)C1C(C(=O)O)C1(C)C.CC(C)(C)C1C(CC(=O)O)C1(C)C.CC(C)(C)C1CC(C(=O)O)C1(C)C.CC(C)(C)CC(C)(C)C(=O)O.CC(C)(C)CC(C)(C)CC(=O)O.CC(C)(C)CC1C(C(=O)O)C1(C)C. The number of hydrogen-bond acceptors (Lipinski definition) is 6. The van der Waals surface area contributed by atoms with Crippen molar-refractivity contribution >= 4 is 35.8 Å². The molecule has 4 aliphatic carbocycles. The maximum atomic E-state index is 10.9. The lowest BCUT2D eigenvalue weighted by molar-refractivity contribution is -0.166. The molecule has 0 spiro atoms. The van der Waals surface area contributed by atoms with E-state index in [2.05, 4.69) is 166 Å². The van der Waals surface area contributed by atoms with Crippen molar-refractivity contribution in [2.24, 2.45) is 112 Å².